The Labute approximate surface area is 191 Å². The Hall–Kier alpha value is -3.74. The number of hydrogen-bond donors (Lipinski definition) is 1. The summed E-state index contributed by atoms with van der Waals surface area (Å²) in [6.45, 7) is 0. The lowest BCUT2D eigenvalue weighted by atomic mass is 9.85. The molecule has 2 saturated heterocycles. The molecule has 6 rings (SSSR count). The first-order valence-corrected chi connectivity index (χ1v) is 11.5. The third kappa shape index (κ3) is 3.84. The molecule has 2 aliphatic rings. The van der Waals surface area contributed by atoms with Crippen molar-refractivity contribution in [2.45, 2.75) is 44.2 Å². The number of hydrogen-bond acceptors (Lipinski definition) is 5. The van der Waals surface area contributed by atoms with Crippen LogP contribution in [0.4, 0.5) is 0 Å². The maximum absolute atomic E-state index is 13.5. The summed E-state index contributed by atoms with van der Waals surface area (Å²) >= 11 is 0. The van der Waals surface area contributed by atoms with E-state index in [0.29, 0.717) is 29.3 Å². The summed E-state index contributed by atoms with van der Waals surface area (Å²) in [5.41, 5.74) is 2.95. The van der Waals surface area contributed by atoms with Crippen LogP contribution in [0.5, 0.6) is 11.8 Å². The molecule has 1 aromatic carbocycles. The summed E-state index contributed by atoms with van der Waals surface area (Å²) in [4.78, 5) is 31.4. The van der Waals surface area contributed by atoms with Gasteiger partial charge in [0, 0.05) is 47.8 Å². The van der Waals surface area contributed by atoms with Crippen molar-refractivity contribution in [1.82, 2.24) is 24.8 Å². The van der Waals surface area contributed by atoms with Crippen molar-refractivity contribution in [1.29, 1.82) is 0 Å². The molecule has 2 fully saturated rings. The highest BCUT2D eigenvalue weighted by Gasteiger charge is 2.43. The number of carbonyl (C=O) groups excluding carboxylic acids is 1. The average molecular weight is 440 g/mol. The number of fused-ring (bicyclic) bond motifs is 3. The minimum atomic E-state index is 0.0947. The van der Waals surface area contributed by atoms with E-state index in [1.807, 2.05) is 30.6 Å². The molecular formula is C26H25N5O2. The first-order valence-electron chi connectivity index (χ1n) is 11.5. The summed E-state index contributed by atoms with van der Waals surface area (Å²) < 4.78 is 5.74. The Morgan fingerprint density at radius 3 is 2.64 bits per heavy atom. The Morgan fingerprint density at radius 2 is 1.82 bits per heavy atom. The fraction of sp³-hybridized carbons (Fsp3) is 0.308. The van der Waals surface area contributed by atoms with Gasteiger partial charge in [0.15, 0.2) is 0 Å². The molecule has 7 heteroatoms. The summed E-state index contributed by atoms with van der Waals surface area (Å²) in [5.74, 6) is 1.25. The van der Waals surface area contributed by atoms with E-state index in [0.717, 1.165) is 37.8 Å². The maximum Gasteiger partial charge on any atom is 0.321 e. The number of amides is 1. The van der Waals surface area contributed by atoms with Gasteiger partial charge in [-0.05, 0) is 80.0 Å². The molecule has 1 N–H and O–H groups in total. The fourth-order valence-corrected chi connectivity index (χ4v) is 5.58. The van der Waals surface area contributed by atoms with Crippen molar-refractivity contribution in [2.75, 3.05) is 0 Å². The van der Waals surface area contributed by atoms with E-state index >= 15 is 0 Å². The van der Waals surface area contributed by atoms with E-state index in [-0.39, 0.29) is 11.9 Å². The van der Waals surface area contributed by atoms with Crippen molar-refractivity contribution in [2.24, 2.45) is 5.92 Å². The van der Waals surface area contributed by atoms with Gasteiger partial charge in [-0.1, -0.05) is 6.07 Å². The number of benzene rings is 1. The third-order valence-electron chi connectivity index (χ3n) is 6.96. The molecule has 0 aliphatic carbocycles. The molecule has 0 saturated carbocycles. The van der Waals surface area contributed by atoms with E-state index in [1.54, 1.807) is 24.5 Å². The second-order valence-corrected chi connectivity index (χ2v) is 9.01. The second-order valence-electron chi connectivity index (χ2n) is 9.01. The highest BCUT2D eigenvalue weighted by Crippen LogP contribution is 2.41. The van der Waals surface area contributed by atoms with E-state index in [1.165, 1.54) is 10.9 Å². The van der Waals surface area contributed by atoms with E-state index in [2.05, 4.69) is 37.0 Å². The minimum absolute atomic E-state index is 0.0947. The van der Waals surface area contributed by atoms with Crippen LogP contribution in [0.2, 0.25) is 0 Å². The monoisotopic (exact) mass is 439 g/mol. The van der Waals surface area contributed by atoms with Crippen molar-refractivity contribution in [3.63, 3.8) is 0 Å². The van der Waals surface area contributed by atoms with Gasteiger partial charge in [0.2, 0.25) is 0 Å². The zero-order chi connectivity index (χ0) is 22.2. The quantitative estimate of drug-likeness (QED) is 0.484. The number of aromatic nitrogens is 4. The predicted octanol–water partition coefficient (Wildman–Crippen LogP) is 4.77. The minimum Gasteiger partial charge on any atom is -0.424 e. The molecule has 4 aromatic rings. The number of carbonyl (C=O) groups is 1. The van der Waals surface area contributed by atoms with Crippen LogP contribution in [0.1, 0.15) is 41.6 Å². The number of pyridine rings is 1. The van der Waals surface area contributed by atoms with Crippen molar-refractivity contribution in [3.8, 4) is 11.8 Å². The Morgan fingerprint density at radius 1 is 1.00 bits per heavy atom. The van der Waals surface area contributed by atoms with Crippen LogP contribution in [-0.2, 0) is 6.42 Å². The Balaban J connectivity index is 1.17. The average Bonchev–Trinajstić information content (AvgIpc) is 3.42. The van der Waals surface area contributed by atoms with Gasteiger partial charge < -0.3 is 14.6 Å². The Kier molecular flexibility index (Phi) is 5.02. The van der Waals surface area contributed by atoms with Gasteiger partial charge in [-0.25, -0.2) is 15.0 Å². The lowest BCUT2D eigenvalue weighted by molar-refractivity contribution is 0.0524. The molecule has 2 unspecified atom stereocenters. The number of nitrogens with one attached hydrogen (secondary N) is 1. The highest BCUT2D eigenvalue weighted by atomic mass is 16.5. The van der Waals surface area contributed by atoms with Crippen LogP contribution < -0.4 is 4.74 Å². The zero-order valence-corrected chi connectivity index (χ0v) is 18.2. The van der Waals surface area contributed by atoms with Gasteiger partial charge in [-0.2, -0.15) is 0 Å². The molecule has 3 aromatic heterocycles. The summed E-state index contributed by atoms with van der Waals surface area (Å²) in [6.07, 6.45) is 12.4. The van der Waals surface area contributed by atoms with Gasteiger partial charge in [0.05, 0.1) is 0 Å². The van der Waals surface area contributed by atoms with Crippen LogP contribution >= 0.6 is 0 Å². The predicted molar refractivity (Wildman–Crippen MR) is 124 cm³/mol. The lowest BCUT2D eigenvalue weighted by Crippen LogP contribution is -2.46. The van der Waals surface area contributed by atoms with Crippen LogP contribution in [0.25, 0.3) is 11.0 Å². The maximum atomic E-state index is 13.5. The molecule has 2 aliphatic heterocycles. The fourth-order valence-electron chi connectivity index (χ4n) is 5.58. The molecule has 1 amide bonds. The number of nitrogens with zero attached hydrogens (tertiary/aromatic N) is 4. The molecule has 166 valence electrons. The number of rotatable bonds is 5. The van der Waals surface area contributed by atoms with E-state index in [9.17, 15) is 4.79 Å². The van der Waals surface area contributed by atoms with Crippen LogP contribution in [0.15, 0.2) is 67.3 Å². The number of aromatic amines is 1. The molecule has 5 heterocycles. The van der Waals surface area contributed by atoms with E-state index in [4.69, 9.17) is 4.74 Å². The molecule has 33 heavy (non-hydrogen) atoms. The van der Waals surface area contributed by atoms with Gasteiger partial charge in [0.1, 0.15) is 11.4 Å². The topological polar surface area (TPSA) is 84.0 Å². The second kappa shape index (κ2) is 8.31. The lowest BCUT2D eigenvalue weighted by Gasteiger charge is -2.39. The van der Waals surface area contributed by atoms with E-state index < -0.39 is 0 Å². The van der Waals surface area contributed by atoms with Crippen LogP contribution in [0, 0.1) is 5.92 Å². The molecular weight excluding hydrogens is 414 g/mol. The van der Waals surface area contributed by atoms with Crippen molar-refractivity contribution in [3.05, 3.63) is 78.4 Å². The van der Waals surface area contributed by atoms with Crippen molar-refractivity contribution < 1.29 is 9.53 Å². The molecule has 2 atom stereocenters. The summed E-state index contributed by atoms with van der Waals surface area (Å²) in [5, 5.41) is 1.21. The van der Waals surface area contributed by atoms with Gasteiger partial charge in [-0.15, -0.1) is 0 Å². The van der Waals surface area contributed by atoms with Crippen LogP contribution in [0.3, 0.4) is 0 Å². The first-order chi connectivity index (χ1) is 16.2. The number of H-pyrrole nitrogens is 1. The van der Waals surface area contributed by atoms with Gasteiger partial charge in [-0.3, -0.25) is 4.79 Å². The van der Waals surface area contributed by atoms with Crippen LogP contribution in [-0.4, -0.2) is 42.8 Å². The normalized spacial score (nSPS) is 21.9. The number of ether oxygens (including phenoxy) is 1. The molecule has 0 spiro atoms. The van der Waals surface area contributed by atoms with Gasteiger partial charge in [0.25, 0.3) is 5.91 Å². The SMILES string of the molecule is O=C(c1cccc(Oc2ncccn2)c1)N1C2CCC1CC(Cc1ccnc3[nH]ccc13)C2. The molecule has 2 bridgehead atoms. The number of piperidine rings is 1. The summed E-state index contributed by atoms with van der Waals surface area (Å²) in [6, 6.07) is 14.2. The smallest absolute Gasteiger partial charge is 0.321 e. The third-order valence-corrected chi connectivity index (χ3v) is 6.96. The highest BCUT2D eigenvalue weighted by molar-refractivity contribution is 5.95. The first kappa shape index (κ1) is 19.9. The standard InChI is InChI=1S/C26H25N5O2/c32-25(19-3-1-4-22(16-19)33-26-29-9-2-10-30-26)31-20-5-6-21(31)15-17(14-20)13-18-7-11-27-24-23(18)8-12-28-24/h1-4,7-12,16-17,20-21H,5-6,13-15H2,(H,27,28). The molecule has 7 nitrogen and oxygen atoms in total. The zero-order valence-electron chi connectivity index (χ0n) is 18.2. The van der Waals surface area contributed by atoms with Crippen molar-refractivity contribution >= 4 is 16.9 Å². The largest absolute Gasteiger partial charge is 0.424 e. The molecule has 0 radical (unpaired) electrons. The Bertz CT molecular complexity index is 1270. The van der Waals surface area contributed by atoms with Gasteiger partial charge >= 0.3 is 6.01 Å². The summed E-state index contributed by atoms with van der Waals surface area (Å²) in [7, 11) is 0.